The van der Waals surface area contributed by atoms with E-state index in [0.717, 1.165) is 36.3 Å². The van der Waals surface area contributed by atoms with E-state index in [1.165, 1.54) is 11.1 Å². The van der Waals surface area contributed by atoms with E-state index in [-0.39, 0.29) is 24.0 Å². The third-order valence-electron chi connectivity index (χ3n) is 4.28. The molecule has 0 aliphatic carbocycles. The largest absolute Gasteiger partial charge is 0.370 e. The summed E-state index contributed by atoms with van der Waals surface area (Å²) in [4.78, 5) is 8.75. The lowest BCUT2D eigenvalue weighted by Gasteiger charge is -2.07. The molecule has 0 fully saturated rings. The van der Waals surface area contributed by atoms with Crippen molar-refractivity contribution in [1.29, 1.82) is 0 Å². The van der Waals surface area contributed by atoms with Crippen molar-refractivity contribution in [2.75, 3.05) is 11.9 Å². The molecule has 6 nitrogen and oxygen atoms in total. The number of aromatic nitrogens is 2. The molecule has 28 heavy (non-hydrogen) atoms. The zero-order valence-corrected chi connectivity index (χ0v) is 18.5. The molecule has 0 bridgehead atoms. The fraction of sp³-hybridized carbons (Fsp3) is 0.286. The Morgan fingerprint density at radius 3 is 2.54 bits per heavy atom. The molecule has 3 rings (SSSR count). The smallest absolute Gasteiger partial charge is 0.257 e. The minimum atomic E-state index is 0. The second-order valence-electron chi connectivity index (χ2n) is 6.26. The molecular weight excluding hydrogens is 465 g/mol. The van der Waals surface area contributed by atoms with Crippen LogP contribution in [0.4, 0.5) is 5.69 Å². The summed E-state index contributed by atoms with van der Waals surface area (Å²) in [6, 6.07) is 16.3. The molecule has 0 amide bonds. The van der Waals surface area contributed by atoms with Gasteiger partial charge in [0.15, 0.2) is 11.8 Å². The van der Waals surface area contributed by atoms with Crippen LogP contribution in [0, 0.1) is 0 Å². The maximum Gasteiger partial charge on any atom is 0.257 e. The summed E-state index contributed by atoms with van der Waals surface area (Å²) in [7, 11) is 0. The number of rotatable bonds is 7. The molecule has 0 aliphatic rings. The van der Waals surface area contributed by atoms with Crippen LogP contribution in [0.2, 0.25) is 0 Å². The van der Waals surface area contributed by atoms with Gasteiger partial charge < -0.3 is 15.6 Å². The zero-order chi connectivity index (χ0) is 19.1. The lowest BCUT2D eigenvalue weighted by atomic mass is 10.1. The van der Waals surface area contributed by atoms with Gasteiger partial charge in [-0.3, -0.25) is 4.99 Å². The number of hydrogen-bond acceptors (Lipinski definition) is 4. The number of guanidine groups is 1. The monoisotopic (exact) mass is 491 g/mol. The number of aryl methyl sites for hydroxylation is 2. The fourth-order valence-electron chi connectivity index (χ4n) is 2.69. The van der Waals surface area contributed by atoms with Crippen LogP contribution < -0.4 is 11.1 Å². The van der Waals surface area contributed by atoms with Crippen molar-refractivity contribution in [2.45, 2.75) is 33.1 Å². The van der Waals surface area contributed by atoms with Gasteiger partial charge in [0.25, 0.3) is 5.89 Å². The minimum absolute atomic E-state index is 0. The van der Waals surface area contributed by atoms with Crippen LogP contribution in [-0.4, -0.2) is 22.6 Å². The highest BCUT2D eigenvalue weighted by atomic mass is 127. The Kier molecular flexibility index (Phi) is 8.43. The van der Waals surface area contributed by atoms with E-state index < -0.39 is 0 Å². The first-order chi connectivity index (χ1) is 13.2. The topological polar surface area (TPSA) is 89.3 Å². The Hall–Kier alpha value is -2.42. The van der Waals surface area contributed by atoms with Gasteiger partial charge in [0.05, 0.1) is 0 Å². The highest BCUT2D eigenvalue weighted by Crippen LogP contribution is 2.18. The molecule has 3 N–H and O–H groups in total. The van der Waals surface area contributed by atoms with Crippen molar-refractivity contribution in [3.05, 3.63) is 65.5 Å². The average Bonchev–Trinajstić information content (AvgIpc) is 3.18. The quantitative estimate of drug-likeness (QED) is 0.290. The first kappa shape index (κ1) is 21.9. The van der Waals surface area contributed by atoms with Gasteiger partial charge >= 0.3 is 0 Å². The average molecular weight is 491 g/mol. The van der Waals surface area contributed by atoms with Gasteiger partial charge in [-0.15, -0.1) is 24.0 Å². The van der Waals surface area contributed by atoms with Crippen molar-refractivity contribution >= 4 is 35.6 Å². The maximum atomic E-state index is 5.99. The maximum absolute atomic E-state index is 5.99. The van der Waals surface area contributed by atoms with Gasteiger partial charge in [-0.1, -0.05) is 43.3 Å². The van der Waals surface area contributed by atoms with E-state index in [4.69, 9.17) is 10.3 Å². The molecular formula is C21H26IN5O. The third-order valence-corrected chi connectivity index (χ3v) is 4.28. The Labute approximate surface area is 182 Å². The first-order valence-corrected chi connectivity index (χ1v) is 9.25. The van der Waals surface area contributed by atoms with Crippen LogP contribution in [0.3, 0.4) is 0 Å². The lowest BCUT2D eigenvalue weighted by Crippen LogP contribution is -2.23. The Morgan fingerprint density at radius 2 is 1.86 bits per heavy atom. The predicted octanol–water partition coefficient (Wildman–Crippen LogP) is 4.45. The third kappa shape index (κ3) is 6.05. The Balaban J connectivity index is 0.00000280. The van der Waals surface area contributed by atoms with E-state index in [9.17, 15) is 0 Å². The van der Waals surface area contributed by atoms with Crippen molar-refractivity contribution < 1.29 is 4.52 Å². The first-order valence-electron chi connectivity index (χ1n) is 9.25. The summed E-state index contributed by atoms with van der Waals surface area (Å²) >= 11 is 0. The number of nitrogens with one attached hydrogen (secondary N) is 1. The Bertz CT molecular complexity index is 905. The van der Waals surface area contributed by atoms with Crippen LogP contribution in [0.15, 0.2) is 58.0 Å². The molecule has 0 aliphatic heterocycles. The van der Waals surface area contributed by atoms with Crippen molar-refractivity contribution in [1.82, 2.24) is 10.1 Å². The zero-order valence-electron chi connectivity index (χ0n) is 16.2. The van der Waals surface area contributed by atoms with E-state index in [1.54, 1.807) is 0 Å². The summed E-state index contributed by atoms with van der Waals surface area (Å²) in [5.41, 5.74) is 10.3. The van der Waals surface area contributed by atoms with Gasteiger partial charge in [-0.25, -0.2) is 0 Å². The molecule has 2 aromatic carbocycles. The van der Waals surface area contributed by atoms with Gasteiger partial charge in [0.2, 0.25) is 0 Å². The van der Waals surface area contributed by atoms with Crippen LogP contribution >= 0.6 is 24.0 Å². The second kappa shape index (κ2) is 10.8. The summed E-state index contributed by atoms with van der Waals surface area (Å²) in [6.45, 7) is 4.74. The summed E-state index contributed by atoms with van der Waals surface area (Å²) in [5.74, 6) is 1.70. The molecule has 0 saturated carbocycles. The fourth-order valence-corrected chi connectivity index (χ4v) is 2.69. The number of nitrogens with zero attached hydrogens (tertiary/aromatic N) is 3. The standard InChI is InChI=1S/C21H25N5O.HI/c1-3-15-6-5-7-18(14-15)24-21(22)23-13-12-16-8-10-17(11-9-16)20-25-19(4-2)26-27-20;/h5-11,14H,3-4,12-13H2,1-2H3,(H3,22,23,24);1H. The van der Waals surface area contributed by atoms with Crippen molar-refractivity contribution in [3.63, 3.8) is 0 Å². The Morgan fingerprint density at radius 1 is 1.07 bits per heavy atom. The molecule has 1 heterocycles. The highest BCUT2D eigenvalue weighted by molar-refractivity contribution is 14.0. The van der Waals surface area contributed by atoms with Crippen LogP contribution in [0.1, 0.15) is 30.8 Å². The number of nitrogens with two attached hydrogens (primary N) is 1. The molecule has 0 radical (unpaired) electrons. The van der Waals surface area contributed by atoms with Crippen LogP contribution in [-0.2, 0) is 19.3 Å². The van der Waals surface area contributed by atoms with Crippen molar-refractivity contribution in [3.8, 4) is 11.5 Å². The SMILES string of the molecule is CCc1cccc(NC(N)=NCCc2ccc(-c3nc(CC)no3)cc2)c1.I. The highest BCUT2D eigenvalue weighted by Gasteiger charge is 2.07. The summed E-state index contributed by atoms with van der Waals surface area (Å²) < 4.78 is 5.26. The molecule has 0 atom stereocenters. The number of benzene rings is 2. The molecule has 0 spiro atoms. The van der Waals surface area contributed by atoms with E-state index in [0.29, 0.717) is 18.4 Å². The number of halogens is 1. The van der Waals surface area contributed by atoms with Crippen molar-refractivity contribution in [2.24, 2.45) is 10.7 Å². The van der Waals surface area contributed by atoms with E-state index in [1.807, 2.05) is 31.2 Å². The van der Waals surface area contributed by atoms with Gasteiger partial charge in [-0.05, 0) is 48.2 Å². The lowest BCUT2D eigenvalue weighted by molar-refractivity contribution is 0.423. The van der Waals surface area contributed by atoms with E-state index in [2.05, 4.69) is 51.6 Å². The second-order valence-corrected chi connectivity index (χ2v) is 6.26. The van der Waals surface area contributed by atoms with Gasteiger partial charge in [-0.2, -0.15) is 4.98 Å². The molecule has 0 unspecified atom stereocenters. The van der Waals surface area contributed by atoms with Crippen LogP contribution in [0.5, 0.6) is 0 Å². The molecule has 0 saturated heterocycles. The summed E-state index contributed by atoms with van der Waals surface area (Å²) in [5, 5.41) is 7.06. The molecule has 1 aromatic heterocycles. The number of hydrogen-bond donors (Lipinski definition) is 2. The minimum Gasteiger partial charge on any atom is -0.370 e. The predicted molar refractivity (Wildman–Crippen MR) is 124 cm³/mol. The molecule has 148 valence electrons. The summed E-state index contributed by atoms with van der Waals surface area (Å²) in [6.07, 6.45) is 2.56. The molecule has 7 heteroatoms. The molecule has 3 aromatic rings. The van der Waals surface area contributed by atoms with Gasteiger partial charge in [0, 0.05) is 24.2 Å². The number of aliphatic imine (C=N–C) groups is 1. The normalized spacial score (nSPS) is 11.1. The van der Waals surface area contributed by atoms with Crippen LogP contribution in [0.25, 0.3) is 11.5 Å². The van der Waals surface area contributed by atoms with Gasteiger partial charge in [0.1, 0.15) is 0 Å². The van der Waals surface area contributed by atoms with E-state index >= 15 is 0 Å². The number of anilines is 1.